The van der Waals surface area contributed by atoms with Gasteiger partial charge in [0.25, 0.3) is 11.8 Å². The number of rotatable bonds is 4. The number of likely N-dealkylation sites (tertiary alicyclic amines) is 2. The first-order valence-corrected chi connectivity index (χ1v) is 9.54. The Bertz CT molecular complexity index is 571. The summed E-state index contributed by atoms with van der Waals surface area (Å²) < 4.78 is 5.64. The van der Waals surface area contributed by atoms with Crippen LogP contribution in [0.5, 0.6) is 5.75 Å². The van der Waals surface area contributed by atoms with E-state index in [1.54, 1.807) is 24.3 Å². The maximum absolute atomic E-state index is 12.3. The molecule has 0 bridgehead atoms. The number of carbonyl (C=O) groups excluding carboxylic acids is 2. The van der Waals surface area contributed by atoms with E-state index in [0.717, 1.165) is 51.9 Å². The molecule has 0 atom stereocenters. The fourth-order valence-electron chi connectivity index (χ4n) is 3.53. The third-order valence-electron chi connectivity index (χ3n) is 5.07. The Hall–Kier alpha value is -2.04. The standard InChI is InChI=1S/C20H28N2O3/c23-19(21-12-4-2-1-3-5-13-21)16-25-18-10-8-17(9-11-18)20(24)22-14-6-7-15-22/h8-11H,1-7,12-16H2. The molecule has 0 unspecified atom stereocenters. The van der Waals surface area contributed by atoms with Crippen LogP contribution >= 0.6 is 0 Å². The van der Waals surface area contributed by atoms with Gasteiger partial charge in [-0.2, -0.15) is 0 Å². The lowest BCUT2D eigenvalue weighted by atomic mass is 10.1. The van der Waals surface area contributed by atoms with Crippen molar-refractivity contribution in [1.82, 2.24) is 9.80 Å². The Morgan fingerprint density at radius 2 is 1.28 bits per heavy atom. The van der Waals surface area contributed by atoms with Crippen molar-refractivity contribution >= 4 is 11.8 Å². The summed E-state index contributed by atoms with van der Waals surface area (Å²) in [5, 5.41) is 0. The van der Waals surface area contributed by atoms with Gasteiger partial charge in [0.2, 0.25) is 0 Å². The topological polar surface area (TPSA) is 49.9 Å². The van der Waals surface area contributed by atoms with Gasteiger partial charge in [-0.1, -0.05) is 19.3 Å². The van der Waals surface area contributed by atoms with Crippen molar-refractivity contribution < 1.29 is 14.3 Å². The van der Waals surface area contributed by atoms with E-state index in [-0.39, 0.29) is 18.4 Å². The molecule has 2 amide bonds. The lowest BCUT2D eigenvalue weighted by Crippen LogP contribution is -2.37. The minimum Gasteiger partial charge on any atom is -0.484 e. The summed E-state index contributed by atoms with van der Waals surface area (Å²) in [7, 11) is 0. The molecule has 136 valence electrons. The predicted molar refractivity (Wildman–Crippen MR) is 96.7 cm³/mol. The molecule has 0 N–H and O–H groups in total. The summed E-state index contributed by atoms with van der Waals surface area (Å²) in [5.74, 6) is 0.776. The minimum absolute atomic E-state index is 0.0547. The monoisotopic (exact) mass is 344 g/mol. The average molecular weight is 344 g/mol. The van der Waals surface area contributed by atoms with Gasteiger partial charge >= 0.3 is 0 Å². The van der Waals surface area contributed by atoms with Gasteiger partial charge in [0.1, 0.15) is 5.75 Å². The van der Waals surface area contributed by atoms with Crippen molar-refractivity contribution in [2.45, 2.75) is 44.9 Å². The molecular weight excluding hydrogens is 316 g/mol. The highest BCUT2D eigenvalue weighted by Gasteiger charge is 2.19. The number of amides is 2. The normalized spacial score (nSPS) is 18.6. The Labute approximate surface area is 149 Å². The number of ether oxygens (including phenoxy) is 1. The molecule has 5 heteroatoms. The van der Waals surface area contributed by atoms with E-state index in [1.165, 1.54) is 19.3 Å². The van der Waals surface area contributed by atoms with Gasteiger partial charge < -0.3 is 14.5 Å². The molecule has 3 rings (SSSR count). The molecule has 0 radical (unpaired) electrons. The van der Waals surface area contributed by atoms with Crippen LogP contribution in [0.3, 0.4) is 0 Å². The maximum Gasteiger partial charge on any atom is 0.260 e. The Morgan fingerprint density at radius 3 is 1.92 bits per heavy atom. The average Bonchev–Trinajstić information content (AvgIpc) is 3.14. The molecule has 2 saturated heterocycles. The summed E-state index contributed by atoms with van der Waals surface area (Å²) in [6.07, 6.45) is 8.03. The summed E-state index contributed by atoms with van der Waals surface area (Å²) in [4.78, 5) is 28.5. The zero-order valence-electron chi connectivity index (χ0n) is 14.9. The van der Waals surface area contributed by atoms with E-state index in [1.807, 2.05) is 9.80 Å². The van der Waals surface area contributed by atoms with Crippen molar-refractivity contribution in [2.24, 2.45) is 0 Å². The van der Waals surface area contributed by atoms with Crippen molar-refractivity contribution in [3.63, 3.8) is 0 Å². The fourth-order valence-corrected chi connectivity index (χ4v) is 3.53. The molecule has 0 aliphatic carbocycles. The van der Waals surface area contributed by atoms with Crippen LogP contribution in [-0.4, -0.2) is 54.4 Å². The van der Waals surface area contributed by atoms with Crippen LogP contribution < -0.4 is 4.74 Å². The molecule has 25 heavy (non-hydrogen) atoms. The molecule has 1 aromatic rings. The van der Waals surface area contributed by atoms with Crippen molar-refractivity contribution in [3.8, 4) is 5.75 Å². The van der Waals surface area contributed by atoms with Crippen molar-refractivity contribution in [3.05, 3.63) is 29.8 Å². The molecule has 0 aromatic heterocycles. The Morgan fingerprint density at radius 1 is 0.760 bits per heavy atom. The zero-order chi connectivity index (χ0) is 17.5. The third-order valence-corrected chi connectivity index (χ3v) is 5.07. The number of nitrogens with zero attached hydrogens (tertiary/aromatic N) is 2. The Balaban J connectivity index is 1.49. The van der Waals surface area contributed by atoms with Gasteiger partial charge in [-0.25, -0.2) is 0 Å². The molecular formula is C20H28N2O3. The van der Waals surface area contributed by atoms with E-state index < -0.39 is 0 Å². The van der Waals surface area contributed by atoms with Crippen molar-refractivity contribution in [2.75, 3.05) is 32.8 Å². The highest BCUT2D eigenvalue weighted by Crippen LogP contribution is 2.17. The summed E-state index contributed by atoms with van der Waals surface area (Å²) in [6.45, 7) is 3.44. The molecule has 0 saturated carbocycles. The second-order valence-corrected chi connectivity index (χ2v) is 6.96. The SMILES string of the molecule is O=C(COc1ccc(C(=O)N2CCCC2)cc1)N1CCCCCCC1. The third kappa shape index (κ3) is 4.97. The van der Waals surface area contributed by atoms with Gasteiger partial charge in [0, 0.05) is 31.7 Å². The highest BCUT2D eigenvalue weighted by molar-refractivity contribution is 5.94. The highest BCUT2D eigenvalue weighted by atomic mass is 16.5. The van der Waals surface area contributed by atoms with Crippen LogP contribution in [0, 0.1) is 0 Å². The number of hydrogen-bond donors (Lipinski definition) is 0. The van der Waals surface area contributed by atoms with Crippen LogP contribution in [0.2, 0.25) is 0 Å². The molecule has 2 aliphatic rings. The lowest BCUT2D eigenvalue weighted by Gasteiger charge is -2.24. The van der Waals surface area contributed by atoms with Crippen LogP contribution in [0.1, 0.15) is 55.3 Å². The zero-order valence-corrected chi connectivity index (χ0v) is 14.9. The maximum atomic E-state index is 12.3. The molecule has 5 nitrogen and oxygen atoms in total. The van der Waals surface area contributed by atoms with Gasteiger partial charge in [-0.15, -0.1) is 0 Å². The number of benzene rings is 1. The van der Waals surface area contributed by atoms with E-state index in [0.29, 0.717) is 11.3 Å². The summed E-state index contributed by atoms with van der Waals surface area (Å²) in [6, 6.07) is 7.14. The van der Waals surface area contributed by atoms with Gasteiger partial charge in [-0.05, 0) is 49.9 Å². The first-order valence-electron chi connectivity index (χ1n) is 9.54. The first kappa shape index (κ1) is 17.8. The van der Waals surface area contributed by atoms with E-state index in [2.05, 4.69) is 0 Å². The van der Waals surface area contributed by atoms with Crippen LogP contribution in [0.4, 0.5) is 0 Å². The molecule has 1 aromatic carbocycles. The molecule has 2 fully saturated rings. The minimum atomic E-state index is 0.0547. The lowest BCUT2D eigenvalue weighted by molar-refractivity contribution is -0.133. The fraction of sp³-hybridized carbons (Fsp3) is 0.600. The second-order valence-electron chi connectivity index (χ2n) is 6.96. The second kappa shape index (κ2) is 8.88. The largest absolute Gasteiger partial charge is 0.484 e. The molecule has 0 spiro atoms. The number of carbonyl (C=O) groups is 2. The molecule has 2 aliphatic heterocycles. The van der Waals surface area contributed by atoms with Crippen LogP contribution in [-0.2, 0) is 4.79 Å². The van der Waals surface area contributed by atoms with Gasteiger partial charge in [0.15, 0.2) is 6.61 Å². The summed E-state index contributed by atoms with van der Waals surface area (Å²) >= 11 is 0. The van der Waals surface area contributed by atoms with Crippen LogP contribution in [0.15, 0.2) is 24.3 Å². The Kier molecular flexibility index (Phi) is 6.31. The quantitative estimate of drug-likeness (QED) is 0.843. The van der Waals surface area contributed by atoms with E-state index in [9.17, 15) is 9.59 Å². The van der Waals surface area contributed by atoms with Gasteiger partial charge in [0.05, 0.1) is 0 Å². The predicted octanol–water partition coefficient (Wildman–Crippen LogP) is 3.09. The van der Waals surface area contributed by atoms with Crippen LogP contribution in [0.25, 0.3) is 0 Å². The first-order chi connectivity index (χ1) is 12.2. The summed E-state index contributed by atoms with van der Waals surface area (Å²) in [5.41, 5.74) is 0.685. The van der Waals surface area contributed by atoms with Gasteiger partial charge in [-0.3, -0.25) is 9.59 Å². The van der Waals surface area contributed by atoms with E-state index in [4.69, 9.17) is 4.74 Å². The smallest absolute Gasteiger partial charge is 0.260 e. The van der Waals surface area contributed by atoms with Crippen molar-refractivity contribution in [1.29, 1.82) is 0 Å². The number of hydrogen-bond acceptors (Lipinski definition) is 3. The molecule has 2 heterocycles. The van der Waals surface area contributed by atoms with E-state index >= 15 is 0 Å².